The van der Waals surface area contributed by atoms with Crippen LogP contribution in [-0.4, -0.2) is 20.0 Å². The summed E-state index contributed by atoms with van der Waals surface area (Å²) < 4.78 is 10.4. The van der Waals surface area contributed by atoms with Crippen molar-refractivity contribution in [1.29, 1.82) is 0 Å². The predicted molar refractivity (Wildman–Crippen MR) is 78.9 cm³/mol. The molecule has 3 heteroatoms. The number of aryl methyl sites for hydroxylation is 1. The van der Waals surface area contributed by atoms with Crippen LogP contribution in [0.15, 0.2) is 36.4 Å². The molecule has 20 heavy (non-hydrogen) atoms. The number of ether oxygens (including phenoxy) is 2. The Morgan fingerprint density at radius 3 is 2.35 bits per heavy atom. The number of carbonyl (C=O) groups is 1. The van der Waals surface area contributed by atoms with Crippen LogP contribution >= 0.6 is 0 Å². The van der Waals surface area contributed by atoms with Crippen LogP contribution in [0.3, 0.4) is 0 Å². The second kappa shape index (κ2) is 5.78. The molecular formula is C17H18O3. The molecule has 0 heterocycles. The molecule has 0 saturated carbocycles. The molecule has 3 nitrogen and oxygen atoms in total. The van der Waals surface area contributed by atoms with Gasteiger partial charge < -0.3 is 9.47 Å². The number of carbonyl (C=O) groups excluding carboxylic acids is 1. The minimum absolute atomic E-state index is 0.0364. The maximum absolute atomic E-state index is 12.7. The third kappa shape index (κ3) is 2.52. The molecule has 0 atom stereocenters. The van der Waals surface area contributed by atoms with E-state index in [2.05, 4.69) is 0 Å². The molecule has 0 aliphatic carbocycles. The number of methoxy groups -OCH3 is 2. The van der Waals surface area contributed by atoms with Crippen molar-refractivity contribution >= 4 is 5.78 Å². The number of hydrogen-bond acceptors (Lipinski definition) is 3. The molecule has 0 bridgehead atoms. The van der Waals surface area contributed by atoms with E-state index in [9.17, 15) is 4.79 Å². The molecule has 0 aliphatic rings. The van der Waals surface area contributed by atoms with Gasteiger partial charge in [-0.3, -0.25) is 4.79 Å². The molecular weight excluding hydrogens is 252 g/mol. The zero-order valence-electron chi connectivity index (χ0n) is 12.2. The summed E-state index contributed by atoms with van der Waals surface area (Å²) in [5.74, 6) is 1.15. The van der Waals surface area contributed by atoms with Crippen molar-refractivity contribution in [3.8, 4) is 11.5 Å². The molecule has 2 aromatic rings. The van der Waals surface area contributed by atoms with E-state index in [0.29, 0.717) is 22.6 Å². The van der Waals surface area contributed by atoms with Gasteiger partial charge in [0.15, 0.2) is 5.78 Å². The van der Waals surface area contributed by atoms with Crippen LogP contribution < -0.4 is 9.47 Å². The van der Waals surface area contributed by atoms with E-state index in [0.717, 1.165) is 11.1 Å². The van der Waals surface area contributed by atoms with Crippen LogP contribution in [0.25, 0.3) is 0 Å². The van der Waals surface area contributed by atoms with E-state index >= 15 is 0 Å². The Bertz CT molecular complexity index is 645. The quantitative estimate of drug-likeness (QED) is 0.797. The predicted octanol–water partition coefficient (Wildman–Crippen LogP) is 3.55. The molecule has 0 fully saturated rings. The van der Waals surface area contributed by atoms with Crippen LogP contribution in [0.1, 0.15) is 27.0 Å². The highest BCUT2D eigenvalue weighted by Crippen LogP contribution is 2.28. The summed E-state index contributed by atoms with van der Waals surface area (Å²) in [6.07, 6.45) is 0. The van der Waals surface area contributed by atoms with Gasteiger partial charge >= 0.3 is 0 Å². The molecule has 0 aliphatic heterocycles. The van der Waals surface area contributed by atoms with E-state index in [1.54, 1.807) is 32.4 Å². The van der Waals surface area contributed by atoms with Crippen molar-refractivity contribution in [1.82, 2.24) is 0 Å². The highest BCUT2D eigenvalue weighted by Gasteiger charge is 2.17. The minimum Gasteiger partial charge on any atom is -0.497 e. The molecule has 0 amide bonds. The topological polar surface area (TPSA) is 35.5 Å². The fourth-order valence-electron chi connectivity index (χ4n) is 2.13. The first-order valence-corrected chi connectivity index (χ1v) is 6.41. The molecule has 2 aromatic carbocycles. The second-order valence-corrected chi connectivity index (χ2v) is 4.64. The zero-order chi connectivity index (χ0) is 14.7. The molecule has 104 valence electrons. The van der Waals surface area contributed by atoms with E-state index in [-0.39, 0.29) is 5.78 Å². The number of benzene rings is 2. The van der Waals surface area contributed by atoms with Crippen molar-refractivity contribution in [3.05, 3.63) is 58.7 Å². The number of ketones is 1. The molecule has 0 radical (unpaired) electrons. The van der Waals surface area contributed by atoms with Crippen molar-refractivity contribution in [2.24, 2.45) is 0 Å². The van der Waals surface area contributed by atoms with Crippen molar-refractivity contribution in [3.63, 3.8) is 0 Å². The average molecular weight is 270 g/mol. The molecule has 0 spiro atoms. The smallest absolute Gasteiger partial charge is 0.197 e. The highest BCUT2D eigenvalue weighted by atomic mass is 16.5. The molecule has 0 aromatic heterocycles. The van der Waals surface area contributed by atoms with Gasteiger partial charge in [0.2, 0.25) is 0 Å². The van der Waals surface area contributed by atoms with Gasteiger partial charge in [0.1, 0.15) is 11.5 Å². The van der Waals surface area contributed by atoms with Crippen LogP contribution in [0.2, 0.25) is 0 Å². The van der Waals surface area contributed by atoms with Gasteiger partial charge in [0, 0.05) is 11.6 Å². The average Bonchev–Trinajstić information content (AvgIpc) is 2.48. The van der Waals surface area contributed by atoms with Gasteiger partial charge in [-0.15, -0.1) is 0 Å². The SMILES string of the molecule is COc1ccc(C(=O)c2cccc(C)c2C)c(OC)c1. The molecule has 0 saturated heterocycles. The van der Waals surface area contributed by atoms with E-state index in [1.165, 1.54) is 0 Å². The second-order valence-electron chi connectivity index (χ2n) is 4.64. The summed E-state index contributed by atoms with van der Waals surface area (Å²) in [6, 6.07) is 11.0. The highest BCUT2D eigenvalue weighted by molar-refractivity contribution is 6.11. The van der Waals surface area contributed by atoms with Gasteiger partial charge in [0.05, 0.1) is 19.8 Å². The maximum atomic E-state index is 12.7. The first-order valence-electron chi connectivity index (χ1n) is 6.41. The Morgan fingerprint density at radius 2 is 1.70 bits per heavy atom. The monoisotopic (exact) mass is 270 g/mol. The first kappa shape index (κ1) is 14.1. The Hall–Kier alpha value is -2.29. The van der Waals surface area contributed by atoms with E-state index < -0.39 is 0 Å². The summed E-state index contributed by atoms with van der Waals surface area (Å²) >= 11 is 0. The third-order valence-electron chi connectivity index (χ3n) is 3.50. The van der Waals surface area contributed by atoms with Gasteiger partial charge in [0.25, 0.3) is 0 Å². The van der Waals surface area contributed by atoms with E-state index in [4.69, 9.17) is 9.47 Å². The lowest BCUT2D eigenvalue weighted by molar-refractivity contribution is 0.103. The zero-order valence-corrected chi connectivity index (χ0v) is 12.2. The van der Waals surface area contributed by atoms with Gasteiger partial charge in [-0.2, -0.15) is 0 Å². The Labute approximate surface area is 119 Å². The summed E-state index contributed by atoms with van der Waals surface area (Å²) in [7, 11) is 3.13. The summed E-state index contributed by atoms with van der Waals surface area (Å²) in [4.78, 5) is 12.7. The van der Waals surface area contributed by atoms with Crippen molar-refractivity contribution in [2.45, 2.75) is 13.8 Å². The molecule has 0 unspecified atom stereocenters. The molecule has 0 N–H and O–H groups in total. The van der Waals surface area contributed by atoms with Crippen molar-refractivity contribution < 1.29 is 14.3 Å². The van der Waals surface area contributed by atoms with Crippen LogP contribution in [0.5, 0.6) is 11.5 Å². The minimum atomic E-state index is -0.0364. The fourth-order valence-corrected chi connectivity index (χ4v) is 2.13. The van der Waals surface area contributed by atoms with E-state index in [1.807, 2.05) is 32.0 Å². The first-order chi connectivity index (χ1) is 9.58. The van der Waals surface area contributed by atoms with Crippen LogP contribution in [-0.2, 0) is 0 Å². The lowest BCUT2D eigenvalue weighted by Crippen LogP contribution is -2.07. The van der Waals surface area contributed by atoms with Crippen LogP contribution in [0.4, 0.5) is 0 Å². The summed E-state index contributed by atoms with van der Waals surface area (Å²) in [5.41, 5.74) is 3.34. The van der Waals surface area contributed by atoms with Gasteiger partial charge in [-0.25, -0.2) is 0 Å². The van der Waals surface area contributed by atoms with Crippen molar-refractivity contribution in [2.75, 3.05) is 14.2 Å². The largest absolute Gasteiger partial charge is 0.497 e. The third-order valence-corrected chi connectivity index (χ3v) is 3.50. The lowest BCUT2D eigenvalue weighted by atomic mass is 9.95. The van der Waals surface area contributed by atoms with Gasteiger partial charge in [-0.05, 0) is 37.1 Å². The Balaban J connectivity index is 2.50. The summed E-state index contributed by atoms with van der Waals surface area (Å²) in [6.45, 7) is 3.95. The van der Waals surface area contributed by atoms with Crippen LogP contribution in [0, 0.1) is 13.8 Å². The summed E-state index contributed by atoms with van der Waals surface area (Å²) in [5, 5.41) is 0. The number of hydrogen-bond donors (Lipinski definition) is 0. The normalized spacial score (nSPS) is 10.2. The number of rotatable bonds is 4. The maximum Gasteiger partial charge on any atom is 0.197 e. The Morgan fingerprint density at radius 1 is 0.950 bits per heavy atom. The lowest BCUT2D eigenvalue weighted by Gasteiger charge is -2.12. The van der Waals surface area contributed by atoms with Gasteiger partial charge in [-0.1, -0.05) is 18.2 Å². The standard InChI is InChI=1S/C17H18O3/c1-11-6-5-7-14(12(11)2)17(18)15-9-8-13(19-3)10-16(15)20-4/h5-10H,1-4H3. The Kier molecular flexibility index (Phi) is 4.08. The molecule has 2 rings (SSSR count). The fraction of sp³-hybridized carbons (Fsp3) is 0.235.